The Morgan fingerprint density at radius 1 is 1.21 bits per heavy atom. The molecule has 0 unspecified atom stereocenters. The van der Waals surface area contributed by atoms with Gasteiger partial charge in [-0.3, -0.25) is 0 Å². The Morgan fingerprint density at radius 2 is 1.89 bits per heavy atom. The fraction of sp³-hybridized carbons (Fsp3) is 0.188. The van der Waals surface area contributed by atoms with Crippen LogP contribution in [0.2, 0.25) is 0 Å². The van der Waals surface area contributed by atoms with Crippen LogP contribution in [0.4, 0.5) is 5.69 Å². The number of anilines is 1. The third-order valence-electron chi connectivity index (χ3n) is 2.86. The van der Waals surface area contributed by atoms with Gasteiger partial charge in [0.15, 0.2) is 0 Å². The van der Waals surface area contributed by atoms with Crippen LogP contribution in [0.1, 0.15) is 5.56 Å². The molecule has 94 valence electrons. The van der Waals surface area contributed by atoms with E-state index in [9.17, 15) is 4.79 Å². The van der Waals surface area contributed by atoms with E-state index in [1.165, 1.54) is 6.07 Å². The van der Waals surface area contributed by atoms with E-state index >= 15 is 0 Å². The van der Waals surface area contributed by atoms with Crippen LogP contribution >= 0.6 is 0 Å². The van der Waals surface area contributed by atoms with Gasteiger partial charge in [-0.05, 0) is 24.6 Å². The van der Waals surface area contributed by atoms with E-state index in [-0.39, 0.29) is 5.63 Å². The van der Waals surface area contributed by atoms with Crippen LogP contribution in [-0.4, -0.2) is 13.1 Å². The third-order valence-corrected chi connectivity index (χ3v) is 2.86. The summed E-state index contributed by atoms with van der Waals surface area (Å²) in [7, 11) is 0. The Balaban J connectivity index is 2.55. The first-order valence-electron chi connectivity index (χ1n) is 5.82. The highest BCUT2D eigenvalue weighted by molar-refractivity contribution is 5.83. The topological polar surface area (TPSA) is 33.5 Å². The lowest BCUT2D eigenvalue weighted by Crippen LogP contribution is -2.23. The van der Waals surface area contributed by atoms with E-state index in [1.807, 2.05) is 24.0 Å². The van der Waals surface area contributed by atoms with Crippen molar-refractivity contribution < 1.29 is 4.42 Å². The average molecular weight is 251 g/mol. The molecule has 0 amide bonds. The highest BCUT2D eigenvalue weighted by Crippen LogP contribution is 2.23. The fourth-order valence-electron chi connectivity index (χ4n) is 1.97. The summed E-state index contributed by atoms with van der Waals surface area (Å²) in [5.41, 5.74) is 1.92. The van der Waals surface area contributed by atoms with Crippen LogP contribution in [-0.2, 0) is 0 Å². The van der Waals surface area contributed by atoms with Gasteiger partial charge in [-0.2, -0.15) is 0 Å². The van der Waals surface area contributed by atoms with Gasteiger partial charge in [0.1, 0.15) is 5.58 Å². The van der Waals surface area contributed by atoms with E-state index in [0.717, 1.165) is 16.6 Å². The number of rotatable bonds is 3. The number of nitrogens with zero attached hydrogens (tertiary/aromatic N) is 1. The predicted molar refractivity (Wildman–Crippen MR) is 77.1 cm³/mol. The molecular weight excluding hydrogens is 238 g/mol. The summed E-state index contributed by atoms with van der Waals surface area (Å²) in [6.07, 6.45) is 10.6. The molecule has 0 saturated heterocycles. The van der Waals surface area contributed by atoms with Crippen LogP contribution in [0.5, 0.6) is 0 Å². The first-order valence-corrected chi connectivity index (χ1v) is 5.82. The van der Waals surface area contributed by atoms with Crippen molar-refractivity contribution in [2.45, 2.75) is 6.92 Å². The Bertz CT molecular complexity index is 728. The normalized spacial score (nSPS) is 9.84. The highest BCUT2D eigenvalue weighted by Gasteiger charge is 2.07. The van der Waals surface area contributed by atoms with Gasteiger partial charge in [0.05, 0.1) is 13.1 Å². The van der Waals surface area contributed by atoms with Gasteiger partial charge >= 0.3 is 5.63 Å². The maximum absolute atomic E-state index is 11.4. The molecule has 2 rings (SSSR count). The first kappa shape index (κ1) is 12.8. The van der Waals surface area contributed by atoms with Crippen molar-refractivity contribution >= 4 is 16.7 Å². The van der Waals surface area contributed by atoms with Crippen molar-refractivity contribution in [1.82, 2.24) is 0 Å². The Kier molecular flexibility index (Phi) is 3.59. The van der Waals surface area contributed by atoms with Crippen molar-refractivity contribution in [2.75, 3.05) is 18.0 Å². The molecular formula is C16H13NO2. The van der Waals surface area contributed by atoms with Crippen molar-refractivity contribution in [3.05, 3.63) is 40.2 Å². The Hall–Kier alpha value is -2.65. The fourth-order valence-corrected chi connectivity index (χ4v) is 1.97. The predicted octanol–water partition coefficient (Wildman–Crippen LogP) is 2.17. The zero-order valence-electron chi connectivity index (χ0n) is 10.6. The summed E-state index contributed by atoms with van der Waals surface area (Å²) in [5.74, 6) is 5.12. The van der Waals surface area contributed by atoms with Crippen LogP contribution in [0.15, 0.2) is 33.5 Å². The number of hydrogen-bond donors (Lipinski definition) is 0. The largest absolute Gasteiger partial charge is 0.423 e. The van der Waals surface area contributed by atoms with Gasteiger partial charge in [-0.25, -0.2) is 4.79 Å². The quantitative estimate of drug-likeness (QED) is 0.619. The summed E-state index contributed by atoms with van der Waals surface area (Å²) in [5, 5.41) is 0.907. The van der Waals surface area contributed by atoms with E-state index < -0.39 is 0 Å². The van der Waals surface area contributed by atoms with E-state index in [2.05, 4.69) is 11.8 Å². The third kappa shape index (κ3) is 2.61. The number of benzene rings is 1. The van der Waals surface area contributed by atoms with Gasteiger partial charge in [0, 0.05) is 23.2 Å². The molecule has 0 aliphatic carbocycles. The van der Waals surface area contributed by atoms with Gasteiger partial charge < -0.3 is 9.32 Å². The molecule has 2 aromatic rings. The summed E-state index contributed by atoms with van der Waals surface area (Å²) in [6, 6.07) is 7.09. The molecule has 19 heavy (non-hydrogen) atoms. The maximum atomic E-state index is 11.4. The minimum Gasteiger partial charge on any atom is -0.423 e. The van der Waals surface area contributed by atoms with E-state index in [0.29, 0.717) is 18.7 Å². The number of fused-ring (bicyclic) bond motifs is 1. The summed E-state index contributed by atoms with van der Waals surface area (Å²) < 4.78 is 5.20. The molecule has 3 heteroatoms. The van der Waals surface area contributed by atoms with Crippen LogP contribution in [0.25, 0.3) is 11.0 Å². The lowest BCUT2D eigenvalue weighted by atomic mass is 10.1. The molecule has 0 aliphatic heterocycles. The minimum absolute atomic E-state index is 0.359. The highest BCUT2D eigenvalue weighted by atomic mass is 16.4. The summed E-state index contributed by atoms with van der Waals surface area (Å²) >= 11 is 0. The molecule has 0 atom stereocenters. The zero-order chi connectivity index (χ0) is 13.8. The lowest BCUT2D eigenvalue weighted by molar-refractivity contribution is 0.560. The molecule has 0 spiro atoms. The molecule has 1 heterocycles. The van der Waals surface area contributed by atoms with E-state index in [1.54, 1.807) is 6.07 Å². The average Bonchev–Trinajstić information content (AvgIpc) is 2.37. The van der Waals surface area contributed by atoms with Crippen molar-refractivity contribution in [3.8, 4) is 24.7 Å². The van der Waals surface area contributed by atoms with Crippen molar-refractivity contribution in [2.24, 2.45) is 0 Å². The zero-order valence-corrected chi connectivity index (χ0v) is 10.6. The van der Waals surface area contributed by atoms with Crippen molar-refractivity contribution in [1.29, 1.82) is 0 Å². The standard InChI is InChI=1S/C16H13NO2/c1-4-8-17(9-5-2)13-6-7-14-12(3)10-16(18)19-15(14)11-13/h1-2,6-7,10-11H,8-9H2,3H3. The summed E-state index contributed by atoms with van der Waals surface area (Å²) in [6.45, 7) is 2.69. The van der Waals surface area contributed by atoms with Gasteiger partial charge in [0.25, 0.3) is 0 Å². The molecule has 0 aliphatic rings. The molecule has 3 nitrogen and oxygen atoms in total. The monoisotopic (exact) mass is 251 g/mol. The second kappa shape index (κ2) is 5.33. The second-order valence-corrected chi connectivity index (χ2v) is 4.19. The van der Waals surface area contributed by atoms with Crippen LogP contribution in [0.3, 0.4) is 0 Å². The molecule has 1 aromatic carbocycles. The summed E-state index contributed by atoms with van der Waals surface area (Å²) in [4.78, 5) is 13.3. The van der Waals surface area contributed by atoms with E-state index in [4.69, 9.17) is 17.3 Å². The minimum atomic E-state index is -0.359. The van der Waals surface area contributed by atoms with Gasteiger partial charge in [-0.1, -0.05) is 11.8 Å². The smallest absolute Gasteiger partial charge is 0.336 e. The molecule has 0 radical (unpaired) electrons. The van der Waals surface area contributed by atoms with Crippen molar-refractivity contribution in [3.63, 3.8) is 0 Å². The van der Waals surface area contributed by atoms with Crippen LogP contribution in [0, 0.1) is 31.6 Å². The molecule has 0 bridgehead atoms. The number of terminal acetylenes is 2. The lowest BCUT2D eigenvalue weighted by Gasteiger charge is -2.19. The van der Waals surface area contributed by atoms with Gasteiger partial charge in [-0.15, -0.1) is 12.8 Å². The maximum Gasteiger partial charge on any atom is 0.336 e. The Labute approximate surface area is 111 Å². The molecule has 0 saturated carbocycles. The second-order valence-electron chi connectivity index (χ2n) is 4.19. The number of hydrogen-bond acceptors (Lipinski definition) is 3. The number of aryl methyl sites for hydroxylation is 1. The molecule has 0 fully saturated rings. The van der Waals surface area contributed by atoms with Crippen LogP contribution < -0.4 is 10.5 Å². The SMILES string of the molecule is C#CCN(CC#C)c1ccc2c(C)cc(=O)oc2c1. The Morgan fingerprint density at radius 3 is 2.53 bits per heavy atom. The molecule has 0 N–H and O–H groups in total. The first-order chi connectivity index (χ1) is 9.15. The van der Waals surface area contributed by atoms with Gasteiger partial charge in [0.2, 0.25) is 0 Å². The molecule has 1 aromatic heterocycles.